The molecule has 4 aromatic rings. The van der Waals surface area contributed by atoms with Gasteiger partial charge in [-0.15, -0.1) is 11.3 Å². The molecule has 0 saturated heterocycles. The molecule has 0 atom stereocenters. The summed E-state index contributed by atoms with van der Waals surface area (Å²) in [4.78, 5) is 32.8. The van der Waals surface area contributed by atoms with Crippen LogP contribution in [0.1, 0.15) is 6.92 Å². The van der Waals surface area contributed by atoms with Gasteiger partial charge in [-0.25, -0.2) is 9.97 Å². The molecule has 0 bridgehead atoms. The van der Waals surface area contributed by atoms with Crippen molar-refractivity contribution in [1.82, 2.24) is 30.2 Å². The summed E-state index contributed by atoms with van der Waals surface area (Å²) in [6, 6.07) is 5.57. The third-order valence-corrected chi connectivity index (χ3v) is 5.03. The fraction of sp³-hybridized carbons (Fsp3) is 0.211. The van der Waals surface area contributed by atoms with Crippen LogP contribution in [0, 0.1) is 0 Å². The van der Waals surface area contributed by atoms with Gasteiger partial charge in [0.25, 0.3) is 5.56 Å². The SMILES string of the molecule is CCNCCNc1ncc2cc(-c3csc(-c4ccncc4)n3)c(=O)[nH]c2n1. The number of nitrogens with zero attached hydrogens (tertiary/aromatic N) is 4. The maximum Gasteiger partial charge on any atom is 0.259 e. The molecule has 0 saturated carbocycles. The summed E-state index contributed by atoms with van der Waals surface area (Å²) in [6.45, 7) is 4.49. The molecule has 0 aliphatic carbocycles. The molecule has 3 N–H and O–H groups in total. The van der Waals surface area contributed by atoms with Crippen molar-refractivity contribution >= 4 is 28.3 Å². The summed E-state index contributed by atoms with van der Waals surface area (Å²) in [5.41, 5.74) is 2.38. The smallest absolute Gasteiger partial charge is 0.259 e. The summed E-state index contributed by atoms with van der Waals surface area (Å²) in [5, 5.41) is 9.83. The molecule has 0 unspecified atom stereocenters. The summed E-state index contributed by atoms with van der Waals surface area (Å²) in [5.74, 6) is 0.488. The number of anilines is 1. The van der Waals surface area contributed by atoms with E-state index in [0.29, 0.717) is 29.4 Å². The van der Waals surface area contributed by atoms with E-state index in [0.717, 1.165) is 29.0 Å². The summed E-state index contributed by atoms with van der Waals surface area (Å²) in [7, 11) is 0. The molecule has 0 aliphatic rings. The zero-order valence-electron chi connectivity index (χ0n) is 15.3. The lowest BCUT2D eigenvalue weighted by Crippen LogP contribution is -2.22. The number of hydrogen-bond donors (Lipinski definition) is 3. The number of likely N-dealkylation sites (N-methyl/N-ethyl adjacent to an activating group) is 1. The monoisotopic (exact) mass is 393 g/mol. The number of fused-ring (bicyclic) bond motifs is 1. The number of aromatic nitrogens is 5. The van der Waals surface area contributed by atoms with E-state index in [2.05, 4.69) is 42.5 Å². The fourth-order valence-electron chi connectivity index (χ4n) is 2.73. The Labute approximate surface area is 165 Å². The molecule has 142 valence electrons. The number of hydrogen-bond acceptors (Lipinski definition) is 8. The first kappa shape index (κ1) is 18.2. The molecule has 0 radical (unpaired) electrons. The van der Waals surface area contributed by atoms with Crippen LogP contribution in [-0.4, -0.2) is 44.6 Å². The topological polar surface area (TPSA) is 108 Å². The first-order valence-electron chi connectivity index (χ1n) is 8.95. The Morgan fingerprint density at radius 2 is 2.04 bits per heavy atom. The Morgan fingerprint density at radius 3 is 2.86 bits per heavy atom. The largest absolute Gasteiger partial charge is 0.353 e. The fourth-order valence-corrected chi connectivity index (χ4v) is 3.56. The summed E-state index contributed by atoms with van der Waals surface area (Å²) in [6.07, 6.45) is 5.15. The number of rotatable bonds is 7. The van der Waals surface area contributed by atoms with Crippen LogP contribution in [0.25, 0.3) is 32.9 Å². The lowest BCUT2D eigenvalue weighted by atomic mass is 10.2. The molecule has 0 spiro atoms. The van der Waals surface area contributed by atoms with Crippen molar-refractivity contribution in [2.24, 2.45) is 0 Å². The van der Waals surface area contributed by atoms with Gasteiger partial charge < -0.3 is 15.6 Å². The molecular weight excluding hydrogens is 374 g/mol. The number of aromatic amines is 1. The molecular formula is C19H19N7OS. The van der Waals surface area contributed by atoms with Gasteiger partial charge in [0.2, 0.25) is 5.95 Å². The highest BCUT2D eigenvalue weighted by Crippen LogP contribution is 2.27. The highest BCUT2D eigenvalue weighted by Gasteiger charge is 2.12. The van der Waals surface area contributed by atoms with Crippen molar-refractivity contribution < 1.29 is 0 Å². The van der Waals surface area contributed by atoms with Crippen molar-refractivity contribution in [1.29, 1.82) is 0 Å². The van der Waals surface area contributed by atoms with Gasteiger partial charge in [0.15, 0.2) is 0 Å². The van der Waals surface area contributed by atoms with Gasteiger partial charge in [-0.05, 0) is 24.7 Å². The Hall–Kier alpha value is -3.17. The van der Waals surface area contributed by atoms with Gasteiger partial charge in [0, 0.05) is 48.0 Å². The van der Waals surface area contributed by atoms with Crippen LogP contribution >= 0.6 is 11.3 Å². The number of nitrogens with one attached hydrogen (secondary N) is 3. The zero-order valence-corrected chi connectivity index (χ0v) is 16.1. The number of pyridine rings is 2. The lowest BCUT2D eigenvalue weighted by molar-refractivity contribution is 0.736. The predicted molar refractivity (Wildman–Crippen MR) is 112 cm³/mol. The zero-order chi connectivity index (χ0) is 19.3. The van der Waals surface area contributed by atoms with Crippen LogP contribution in [0.5, 0.6) is 0 Å². The van der Waals surface area contributed by atoms with Crippen molar-refractivity contribution in [2.45, 2.75) is 6.92 Å². The van der Waals surface area contributed by atoms with Gasteiger partial charge in [-0.2, -0.15) is 4.98 Å². The molecule has 4 aromatic heterocycles. The minimum Gasteiger partial charge on any atom is -0.353 e. The van der Waals surface area contributed by atoms with Gasteiger partial charge in [-0.3, -0.25) is 9.78 Å². The Bertz CT molecular complexity index is 1140. The molecule has 28 heavy (non-hydrogen) atoms. The second-order valence-electron chi connectivity index (χ2n) is 6.06. The third kappa shape index (κ3) is 3.90. The number of H-pyrrole nitrogens is 1. The molecule has 9 heteroatoms. The van der Waals surface area contributed by atoms with Crippen molar-refractivity contribution in [2.75, 3.05) is 25.0 Å². The first-order valence-corrected chi connectivity index (χ1v) is 9.83. The van der Waals surface area contributed by atoms with Crippen LogP contribution in [0.2, 0.25) is 0 Å². The quantitative estimate of drug-likeness (QED) is 0.414. The maximum absolute atomic E-state index is 12.6. The molecule has 0 amide bonds. The van der Waals surface area contributed by atoms with Crippen LogP contribution in [0.3, 0.4) is 0 Å². The van der Waals surface area contributed by atoms with E-state index in [1.54, 1.807) is 24.7 Å². The molecule has 4 heterocycles. The molecule has 0 aliphatic heterocycles. The van der Waals surface area contributed by atoms with Crippen molar-refractivity contribution in [3.63, 3.8) is 0 Å². The highest BCUT2D eigenvalue weighted by molar-refractivity contribution is 7.13. The molecule has 0 aromatic carbocycles. The van der Waals surface area contributed by atoms with E-state index in [1.807, 2.05) is 17.5 Å². The second-order valence-corrected chi connectivity index (χ2v) is 6.92. The van der Waals surface area contributed by atoms with Crippen LogP contribution in [0.15, 0.2) is 47.0 Å². The Morgan fingerprint density at radius 1 is 1.18 bits per heavy atom. The predicted octanol–water partition coefficient (Wildman–Crippen LogP) is 2.52. The second kappa shape index (κ2) is 8.24. The van der Waals surface area contributed by atoms with Gasteiger partial charge in [0.1, 0.15) is 10.7 Å². The summed E-state index contributed by atoms with van der Waals surface area (Å²) >= 11 is 1.49. The Kier molecular flexibility index (Phi) is 5.36. The van der Waals surface area contributed by atoms with Crippen LogP contribution in [-0.2, 0) is 0 Å². The van der Waals surface area contributed by atoms with Gasteiger partial charge in [-0.1, -0.05) is 6.92 Å². The average Bonchev–Trinajstić information content (AvgIpc) is 3.21. The minimum absolute atomic E-state index is 0.226. The molecule has 0 fully saturated rings. The minimum atomic E-state index is -0.226. The van der Waals surface area contributed by atoms with Crippen LogP contribution in [0.4, 0.5) is 5.95 Å². The van der Waals surface area contributed by atoms with Crippen molar-refractivity contribution in [3.05, 3.63) is 52.5 Å². The standard InChI is InChI=1S/C19H19N7OS/c1-2-20-7-8-22-19-23-10-13-9-14(17(27)25-16(13)26-19)15-11-28-18(24-15)12-3-5-21-6-4-12/h3-6,9-11,20H,2,7-8H2,1H3,(H2,22,23,25,26,27). The normalized spacial score (nSPS) is 11.0. The highest BCUT2D eigenvalue weighted by atomic mass is 32.1. The van der Waals surface area contributed by atoms with Crippen molar-refractivity contribution in [3.8, 4) is 21.8 Å². The third-order valence-electron chi connectivity index (χ3n) is 4.14. The van der Waals surface area contributed by atoms with E-state index in [9.17, 15) is 4.79 Å². The summed E-state index contributed by atoms with van der Waals surface area (Å²) < 4.78 is 0. The van der Waals surface area contributed by atoms with E-state index >= 15 is 0 Å². The average molecular weight is 393 g/mol. The van der Waals surface area contributed by atoms with E-state index in [4.69, 9.17) is 0 Å². The van der Waals surface area contributed by atoms with Gasteiger partial charge in [0.05, 0.1) is 11.3 Å². The first-order chi connectivity index (χ1) is 13.7. The van der Waals surface area contributed by atoms with E-state index < -0.39 is 0 Å². The maximum atomic E-state index is 12.6. The van der Waals surface area contributed by atoms with E-state index in [1.165, 1.54) is 11.3 Å². The molecule has 8 nitrogen and oxygen atoms in total. The molecule has 4 rings (SSSR count). The van der Waals surface area contributed by atoms with Gasteiger partial charge >= 0.3 is 0 Å². The van der Waals surface area contributed by atoms with E-state index in [-0.39, 0.29) is 5.56 Å². The Balaban J connectivity index is 1.61. The van der Waals surface area contributed by atoms with Crippen LogP contribution < -0.4 is 16.2 Å². The number of thiazole rings is 1. The lowest BCUT2D eigenvalue weighted by Gasteiger charge is -2.06.